The molecule has 268 valence electrons. The van der Waals surface area contributed by atoms with Gasteiger partial charge in [0.25, 0.3) is 0 Å². The van der Waals surface area contributed by atoms with Gasteiger partial charge >= 0.3 is 5.69 Å². The molecule has 0 amide bonds. The van der Waals surface area contributed by atoms with Crippen LogP contribution < -0.4 is 20.2 Å². The lowest BCUT2D eigenvalue weighted by Crippen LogP contribution is -2.46. The van der Waals surface area contributed by atoms with Gasteiger partial charge in [0.15, 0.2) is 0 Å². The molecule has 4 heterocycles. The molecule has 2 unspecified atom stereocenters. The third-order valence-electron chi connectivity index (χ3n) is 9.96. The number of nitrogens with zero attached hydrogens (tertiary/aromatic N) is 8. The van der Waals surface area contributed by atoms with Gasteiger partial charge in [-0.3, -0.25) is 0 Å². The normalized spacial score (nSPS) is 20.5. The number of aliphatic hydroxyl groups is 1. The van der Waals surface area contributed by atoms with Crippen molar-refractivity contribution in [3.63, 3.8) is 0 Å². The highest BCUT2D eigenvalue weighted by atomic mass is 19.1. The molecule has 12 nitrogen and oxygen atoms in total. The number of hydrogen-bond acceptors (Lipinski definition) is 9. The highest BCUT2D eigenvalue weighted by molar-refractivity contribution is 5.54. The van der Waals surface area contributed by atoms with Gasteiger partial charge in [-0.05, 0) is 80.8 Å². The van der Waals surface area contributed by atoms with Crippen LogP contribution in [0.1, 0.15) is 44.7 Å². The first-order chi connectivity index (χ1) is 24.7. The topological polar surface area (TPSA) is 116 Å². The molecule has 2 aliphatic heterocycles. The van der Waals surface area contributed by atoms with E-state index in [1.165, 1.54) is 34.0 Å². The molecule has 0 spiro atoms. The van der Waals surface area contributed by atoms with Crippen LogP contribution >= 0.6 is 0 Å². The summed E-state index contributed by atoms with van der Waals surface area (Å²) in [5.41, 5.74) is 1.92. The van der Waals surface area contributed by atoms with Crippen LogP contribution in [0.3, 0.4) is 0 Å². The molecule has 3 aromatic carbocycles. The van der Waals surface area contributed by atoms with Crippen molar-refractivity contribution in [1.82, 2.24) is 29.1 Å². The Kier molecular flexibility index (Phi) is 9.87. The Morgan fingerprint density at radius 2 is 1.61 bits per heavy atom. The van der Waals surface area contributed by atoms with Crippen molar-refractivity contribution in [3.05, 3.63) is 113 Å². The van der Waals surface area contributed by atoms with Crippen LogP contribution in [-0.2, 0) is 16.9 Å². The summed E-state index contributed by atoms with van der Waals surface area (Å²) in [6, 6.07) is 19.1. The molecule has 0 radical (unpaired) electrons. The van der Waals surface area contributed by atoms with Crippen molar-refractivity contribution < 1.29 is 23.4 Å². The summed E-state index contributed by atoms with van der Waals surface area (Å²) in [5, 5.41) is 18.5. The predicted molar refractivity (Wildman–Crippen MR) is 187 cm³/mol. The third kappa shape index (κ3) is 7.24. The fourth-order valence-corrected chi connectivity index (χ4v) is 7.21. The Balaban J connectivity index is 0.923. The second kappa shape index (κ2) is 14.6. The fourth-order valence-electron chi connectivity index (χ4n) is 7.21. The molecule has 7 rings (SSSR count). The van der Waals surface area contributed by atoms with E-state index >= 15 is 0 Å². The molecule has 2 aromatic heterocycles. The molecule has 0 bridgehead atoms. The van der Waals surface area contributed by atoms with Crippen molar-refractivity contribution in [3.8, 4) is 11.4 Å². The zero-order valence-electron chi connectivity index (χ0n) is 28.7. The first-order valence-corrected chi connectivity index (χ1v) is 17.4. The molecule has 2 fully saturated rings. The molecular formula is C37H42F2N8O4. The molecular weight excluding hydrogens is 658 g/mol. The minimum Gasteiger partial charge on any atom is -0.491 e. The maximum absolute atomic E-state index is 15.0. The lowest BCUT2D eigenvalue weighted by Gasteiger charge is -2.37. The van der Waals surface area contributed by atoms with Crippen LogP contribution in [0.5, 0.6) is 5.75 Å². The number of aliphatic hydroxyl groups excluding tert-OH is 1. The first-order valence-electron chi connectivity index (χ1n) is 17.4. The van der Waals surface area contributed by atoms with Gasteiger partial charge in [0.05, 0.1) is 30.5 Å². The summed E-state index contributed by atoms with van der Waals surface area (Å²) >= 11 is 0. The Bertz CT molecular complexity index is 1960. The Morgan fingerprint density at radius 3 is 2.22 bits per heavy atom. The van der Waals surface area contributed by atoms with Gasteiger partial charge in [-0.15, -0.1) is 0 Å². The highest BCUT2D eigenvalue weighted by Gasteiger charge is 2.44. The summed E-state index contributed by atoms with van der Waals surface area (Å²) in [4.78, 5) is 21.6. The van der Waals surface area contributed by atoms with E-state index in [1.807, 2.05) is 43.3 Å². The quantitative estimate of drug-likeness (QED) is 0.198. The monoisotopic (exact) mass is 700 g/mol. The van der Waals surface area contributed by atoms with E-state index in [0.717, 1.165) is 49.3 Å². The summed E-state index contributed by atoms with van der Waals surface area (Å²) < 4.78 is 45.7. The zero-order chi connectivity index (χ0) is 35.5. The maximum Gasteiger partial charge on any atom is 0.350 e. The number of anilines is 2. The van der Waals surface area contributed by atoms with Crippen LogP contribution in [0.25, 0.3) is 5.69 Å². The molecule has 2 saturated heterocycles. The van der Waals surface area contributed by atoms with Crippen molar-refractivity contribution in [2.24, 2.45) is 0 Å². The van der Waals surface area contributed by atoms with E-state index in [2.05, 4.69) is 37.1 Å². The molecule has 2 aliphatic rings. The number of hydrogen-bond donors (Lipinski definition) is 1. The maximum atomic E-state index is 15.0. The van der Waals surface area contributed by atoms with Crippen molar-refractivity contribution in [2.45, 2.75) is 63.5 Å². The lowest BCUT2D eigenvalue weighted by atomic mass is 9.90. The highest BCUT2D eigenvalue weighted by Crippen LogP contribution is 2.42. The smallest absolute Gasteiger partial charge is 0.350 e. The SMILES string of the molecule is CCC(C(C)O)n1ncn(-c2ccc(N3CCN(c4ccc(OC[C@H]5CC[C@](Cn6cncn6)(c6ccc(F)cc6F)O5)cc4)CC3)cc2)c1=O. The van der Waals surface area contributed by atoms with Crippen LogP contribution in [0.15, 0.2) is 90.5 Å². The van der Waals surface area contributed by atoms with E-state index in [0.29, 0.717) is 30.6 Å². The molecule has 4 atom stereocenters. The van der Waals surface area contributed by atoms with Gasteiger partial charge in [-0.1, -0.05) is 13.0 Å². The van der Waals surface area contributed by atoms with Crippen LogP contribution in [0, 0.1) is 11.6 Å². The van der Waals surface area contributed by atoms with E-state index < -0.39 is 23.3 Å². The predicted octanol–water partition coefficient (Wildman–Crippen LogP) is 4.72. The summed E-state index contributed by atoms with van der Waals surface area (Å²) in [5.74, 6) is -0.575. The number of halogens is 2. The van der Waals surface area contributed by atoms with Crippen LogP contribution in [-0.4, -0.2) is 79.2 Å². The second-order valence-corrected chi connectivity index (χ2v) is 13.2. The number of piperazine rings is 1. The summed E-state index contributed by atoms with van der Waals surface area (Å²) in [6.45, 7) is 7.49. The Morgan fingerprint density at radius 1 is 0.941 bits per heavy atom. The van der Waals surface area contributed by atoms with Crippen LogP contribution in [0.4, 0.5) is 20.2 Å². The van der Waals surface area contributed by atoms with Gasteiger partial charge in [0.2, 0.25) is 0 Å². The van der Waals surface area contributed by atoms with E-state index in [9.17, 15) is 18.7 Å². The molecule has 0 saturated carbocycles. The number of ether oxygens (including phenoxy) is 2. The first kappa shape index (κ1) is 34.4. The number of rotatable bonds is 12. The van der Waals surface area contributed by atoms with Crippen molar-refractivity contribution in [2.75, 3.05) is 42.6 Å². The van der Waals surface area contributed by atoms with E-state index in [-0.39, 0.29) is 31.0 Å². The Labute approximate surface area is 294 Å². The minimum atomic E-state index is -1.02. The van der Waals surface area contributed by atoms with Crippen molar-refractivity contribution in [1.29, 1.82) is 0 Å². The van der Waals surface area contributed by atoms with Gasteiger partial charge < -0.3 is 24.4 Å². The fraction of sp³-hybridized carbons (Fsp3) is 0.405. The Hall–Kier alpha value is -5.08. The average molecular weight is 701 g/mol. The van der Waals surface area contributed by atoms with Gasteiger partial charge in [0, 0.05) is 49.2 Å². The summed E-state index contributed by atoms with van der Waals surface area (Å²) in [6.07, 6.45) is 5.28. The lowest BCUT2D eigenvalue weighted by molar-refractivity contribution is -0.0734. The molecule has 1 N–H and O–H groups in total. The van der Waals surface area contributed by atoms with E-state index in [1.54, 1.807) is 17.9 Å². The molecule has 0 aliphatic carbocycles. The molecule has 5 aromatic rings. The second-order valence-electron chi connectivity index (χ2n) is 13.2. The zero-order valence-corrected chi connectivity index (χ0v) is 28.7. The van der Waals surface area contributed by atoms with E-state index in [4.69, 9.17) is 9.47 Å². The molecule has 14 heteroatoms. The van der Waals surface area contributed by atoms with Gasteiger partial charge in [-0.2, -0.15) is 10.2 Å². The summed E-state index contributed by atoms with van der Waals surface area (Å²) in [7, 11) is 0. The van der Waals surface area contributed by atoms with Crippen LogP contribution in [0.2, 0.25) is 0 Å². The minimum absolute atomic E-state index is 0.248. The van der Waals surface area contributed by atoms with Crippen molar-refractivity contribution >= 4 is 11.4 Å². The molecule has 51 heavy (non-hydrogen) atoms. The third-order valence-corrected chi connectivity index (χ3v) is 9.96. The number of aromatic nitrogens is 6. The number of benzene rings is 3. The van der Waals surface area contributed by atoms with Gasteiger partial charge in [0.1, 0.15) is 48.6 Å². The largest absolute Gasteiger partial charge is 0.491 e. The standard InChI is InChI=1S/C37H42F2N8O4/c1-3-35(26(2)48)47-36(49)46(25-42-47)30-7-5-28(6-8-30)43-16-18-44(19-17-43)29-9-11-31(12-10-29)50-21-32-14-15-37(51-32,22-45-24-40-23-41-45)33-13-4-27(38)20-34(33)39/h4-13,20,23-26,32,35,48H,3,14-19,21-22H2,1-2H3/t26?,32-,35?,37+/m1/s1. The average Bonchev–Trinajstić information content (AvgIpc) is 3.90. The van der Waals surface area contributed by atoms with Gasteiger partial charge in [-0.25, -0.2) is 32.5 Å².